The van der Waals surface area contributed by atoms with Crippen molar-refractivity contribution < 1.29 is 71.0 Å². The van der Waals surface area contributed by atoms with E-state index < -0.39 is 59.3 Å². The number of ether oxygens (including phenoxy) is 1. The Balaban J connectivity index is 3.82. The summed E-state index contributed by atoms with van der Waals surface area (Å²) in [5.74, 6) is -18.6. The van der Waals surface area contributed by atoms with Gasteiger partial charge in [0.2, 0.25) is 0 Å². The van der Waals surface area contributed by atoms with Crippen LogP contribution < -0.4 is 0 Å². The topological polar surface area (TPSA) is 29.5 Å². The maximum Gasteiger partial charge on any atom is 0.441 e. The van der Waals surface area contributed by atoms with Gasteiger partial charge in [0.1, 0.15) is 6.61 Å². The number of carbonyl (C=O) groups excluding carboxylic acids is 1. The number of esters is 1. The van der Waals surface area contributed by atoms with Gasteiger partial charge in [0, 0.05) is 0 Å². The molecule has 1 saturated heterocycles. The van der Waals surface area contributed by atoms with Crippen molar-refractivity contribution in [1.29, 1.82) is 0 Å². The molecule has 164 valence electrons. The molecule has 0 amide bonds. The minimum Gasteiger partial charge on any atom is -0.459 e. The van der Waals surface area contributed by atoms with Crippen LogP contribution in [0.15, 0.2) is 12.7 Å². The van der Waals surface area contributed by atoms with Crippen molar-refractivity contribution in [1.82, 2.24) is 4.90 Å². The molecule has 0 bridgehead atoms. The summed E-state index contributed by atoms with van der Waals surface area (Å²) in [6, 6.07) is -22.6. The molecule has 0 aliphatic carbocycles. The predicted molar refractivity (Wildman–Crippen MR) is 57.6 cm³/mol. The molecule has 17 heteroatoms. The third-order valence-corrected chi connectivity index (χ3v) is 3.41. The van der Waals surface area contributed by atoms with Gasteiger partial charge in [-0.05, 0) is 0 Å². The van der Waals surface area contributed by atoms with Crippen LogP contribution in [-0.4, -0.2) is 59.3 Å². The minimum atomic E-state index is -7.71. The minimum absolute atomic E-state index is 0.328. The predicted octanol–water partition coefficient (Wildman–Crippen LogP) is 4.35. The normalized spacial score (nSPS) is 25.8. The molecular formula is C11H5F14NO2. The van der Waals surface area contributed by atoms with E-state index in [2.05, 4.69) is 11.3 Å². The number of nitrogens with zero attached hydrogens (tertiary/aromatic N) is 1. The molecular weight excluding hydrogens is 444 g/mol. The highest BCUT2D eigenvalue weighted by molar-refractivity contribution is 5.82. The molecule has 0 aromatic rings. The van der Waals surface area contributed by atoms with Crippen LogP contribution in [-0.2, 0) is 9.53 Å². The van der Waals surface area contributed by atoms with Crippen molar-refractivity contribution in [3.8, 4) is 0 Å². The Morgan fingerprint density at radius 3 is 1.50 bits per heavy atom. The number of likely N-dealkylation sites (tertiary alicyclic amines) is 1. The zero-order valence-electron chi connectivity index (χ0n) is 12.5. The molecule has 1 unspecified atom stereocenters. The molecule has 3 nitrogen and oxygen atoms in total. The molecule has 1 heterocycles. The molecule has 28 heavy (non-hydrogen) atoms. The van der Waals surface area contributed by atoms with Crippen LogP contribution in [0.3, 0.4) is 0 Å². The number of rotatable bonds is 5. The van der Waals surface area contributed by atoms with E-state index in [0.29, 0.717) is 6.08 Å². The second-order valence-corrected chi connectivity index (χ2v) is 5.15. The number of hydrogen-bond acceptors (Lipinski definition) is 3. The van der Waals surface area contributed by atoms with Gasteiger partial charge in [0.25, 0.3) is 0 Å². The Morgan fingerprint density at radius 2 is 1.21 bits per heavy atom. The summed E-state index contributed by atoms with van der Waals surface area (Å²) in [6.07, 6.45) is -7.04. The highest BCUT2D eigenvalue weighted by Gasteiger charge is 2.99. The fraction of sp³-hybridized carbons (Fsp3) is 0.727. The van der Waals surface area contributed by atoms with Crippen LogP contribution in [0.1, 0.15) is 0 Å². The zero-order valence-corrected chi connectivity index (χ0v) is 12.5. The second kappa shape index (κ2) is 6.09. The standard InChI is InChI=1S/C11H5F14NO2/c1-2-3-28-4(27)5(12,8(17,18)19)9(20,21)26-10(22,23)6(13,14)7(15,16)11(26,24)25/h2H,1,3H2. The van der Waals surface area contributed by atoms with E-state index in [-0.39, 0.29) is 0 Å². The SMILES string of the molecule is C=CCOC(=O)C(F)(C(F)(F)F)C(F)(F)N1C(F)(F)C(F)(F)C(F)(F)C1(F)F. The first-order valence-corrected chi connectivity index (χ1v) is 6.33. The summed E-state index contributed by atoms with van der Waals surface area (Å²) in [4.78, 5) is 7.11. The molecule has 0 radical (unpaired) electrons. The third-order valence-electron chi connectivity index (χ3n) is 3.41. The van der Waals surface area contributed by atoms with Gasteiger partial charge >= 0.3 is 47.8 Å². The van der Waals surface area contributed by atoms with Crippen molar-refractivity contribution in [3.05, 3.63) is 12.7 Å². The van der Waals surface area contributed by atoms with E-state index in [9.17, 15) is 66.3 Å². The summed E-state index contributed by atoms with van der Waals surface area (Å²) in [5, 5.41) is 0. The van der Waals surface area contributed by atoms with Crippen molar-refractivity contribution in [2.24, 2.45) is 0 Å². The first-order chi connectivity index (χ1) is 12.1. The highest BCUT2D eigenvalue weighted by atomic mass is 19.4. The van der Waals surface area contributed by atoms with E-state index in [0.717, 1.165) is 0 Å². The molecule has 1 aliphatic heterocycles. The first-order valence-electron chi connectivity index (χ1n) is 6.33. The molecule has 0 saturated carbocycles. The Bertz CT molecular complexity index is 630. The largest absolute Gasteiger partial charge is 0.459 e. The van der Waals surface area contributed by atoms with E-state index in [1.165, 1.54) is 0 Å². The smallest absolute Gasteiger partial charge is 0.441 e. The van der Waals surface area contributed by atoms with Gasteiger partial charge in [-0.1, -0.05) is 12.7 Å². The molecule has 1 fully saturated rings. The van der Waals surface area contributed by atoms with E-state index in [1.54, 1.807) is 0 Å². The van der Waals surface area contributed by atoms with Crippen molar-refractivity contribution in [2.45, 2.75) is 41.8 Å². The monoisotopic (exact) mass is 449 g/mol. The fourth-order valence-corrected chi connectivity index (χ4v) is 1.98. The van der Waals surface area contributed by atoms with Crippen LogP contribution in [0.2, 0.25) is 0 Å². The van der Waals surface area contributed by atoms with Gasteiger partial charge in [-0.3, -0.25) is 0 Å². The van der Waals surface area contributed by atoms with Crippen molar-refractivity contribution >= 4 is 5.97 Å². The molecule has 1 aliphatic rings. The Morgan fingerprint density at radius 1 is 0.857 bits per heavy atom. The Hall–Kier alpha value is -1.81. The van der Waals surface area contributed by atoms with E-state index in [4.69, 9.17) is 0 Å². The van der Waals surface area contributed by atoms with Gasteiger partial charge in [-0.2, -0.15) is 57.1 Å². The first kappa shape index (κ1) is 24.2. The van der Waals surface area contributed by atoms with E-state index >= 15 is 0 Å². The molecule has 0 N–H and O–H groups in total. The summed E-state index contributed by atoms with van der Waals surface area (Å²) in [7, 11) is 0. The molecule has 1 rings (SSSR count). The van der Waals surface area contributed by atoms with Crippen LogP contribution in [0.5, 0.6) is 0 Å². The molecule has 1 atom stereocenters. The Kier molecular flexibility index (Phi) is 5.27. The molecule has 0 aromatic heterocycles. The summed E-state index contributed by atoms with van der Waals surface area (Å²) in [6.45, 7) is 1.18. The highest BCUT2D eigenvalue weighted by Crippen LogP contribution is 2.67. The molecule has 0 spiro atoms. The van der Waals surface area contributed by atoms with Crippen molar-refractivity contribution in [3.63, 3.8) is 0 Å². The summed E-state index contributed by atoms with van der Waals surface area (Å²) in [5.41, 5.74) is -7.19. The van der Waals surface area contributed by atoms with E-state index in [1.807, 2.05) is 0 Å². The molecule has 0 aromatic carbocycles. The number of carbonyl (C=O) groups is 1. The number of hydrogen-bond donors (Lipinski definition) is 0. The quantitative estimate of drug-likeness (QED) is 0.271. The third kappa shape index (κ3) is 2.57. The maximum atomic E-state index is 14.1. The van der Waals surface area contributed by atoms with Gasteiger partial charge in [0.15, 0.2) is 0 Å². The number of halogens is 14. The van der Waals surface area contributed by atoms with Crippen LogP contribution >= 0.6 is 0 Å². The Labute approximate surface area is 144 Å². The van der Waals surface area contributed by atoms with Gasteiger partial charge in [-0.15, -0.1) is 4.90 Å². The lowest BCUT2D eigenvalue weighted by Gasteiger charge is -2.41. The zero-order chi connectivity index (χ0) is 22.8. The van der Waals surface area contributed by atoms with Crippen LogP contribution in [0.4, 0.5) is 61.5 Å². The average molecular weight is 449 g/mol. The summed E-state index contributed by atoms with van der Waals surface area (Å²) >= 11 is 0. The number of alkyl halides is 14. The fourth-order valence-electron chi connectivity index (χ4n) is 1.98. The van der Waals surface area contributed by atoms with Crippen LogP contribution in [0.25, 0.3) is 0 Å². The van der Waals surface area contributed by atoms with Gasteiger partial charge in [-0.25, -0.2) is 9.18 Å². The average Bonchev–Trinajstić information content (AvgIpc) is 2.55. The lowest BCUT2D eigenvalue weighted by Crippen LogP contribution is -2.73. The van der Waals surface area contributed by atoms with Gasteiger partial charge < -0.3 is 4.74 Å². The maximum absolute atomic E-state index is 14.1. The second-order valence-electron chi connectivity index (χ2n) is 5.15. The van der Waals surface area contributed by atoms with Crippen LogP contribution in [0, 0.1) is 0 Å². The van der Waals surface area contributed by atoms with Gasteiger partial charge in [0.05, 0.1) is 0 Å². The summed E-state index contributed by atoms with van der Waals surface area (Å²) < 4.78 is 189. The lowest BCUT2D eigenvalue weighted by molar-refractivity contribution is -0.415. The van der Waals surface area contributed by atoms with Crippen molar-refractivity contribution in [2.75, 3.05) is 6.61 Å². The lowest BCUT2D eigenvalue weighted by atomic mass is 10.0.